The molecule has 0 aliphatic rings. The second kappa shape index (κ2) is 7.40. The highest BCUT2D eigenvalue weighted by Gasteiger charge is 2.30. The molecule has 0 unspecified atom stereocenters. The van der Waals surface area contributed by atoms with Crippen molar-refractivity contribution in [1.82, 2.24) is 0 Å². The van der Waals surface area contributed by atoms with Crippen LogP contribution in [0, 0.1) is 0 Å². The van der Waals surface area contributed by atoms with Crippen LogP contribution in [0.15, 0.2) is 48.5 Å². The zero-order valence-corrected chi connectivity index (χ0v) is 17.0. The lowest BCUT2D eigenvalue weighted by Gasteiger charge is -2.29. The van der Waals surface area contributed by atoms with Crippen LogP contribution < -0.4 is 10.4 Å². The Labute approximate surface area is 146 Å². The average molecular weight is 355 g/mol. The van der Waals surface area contributed by atoms with E-state index in [4.69, 9.17) is 0 Å². The number of aldehydes is 2. The molecule has 0 radical (unpaired) electrons. The van der Waals surface area contributed by atoms with Crippen LogP contribution in [0.2, 0.25) is 38.3 Å². The normalized spacial score (nSPS) is 12.0. The monoisotopic (exact) mass is 354 g/mol. The maximum atomic E-state index is 10.8. The molecule has 4 heteroatoms. The molecular weight excluding hydrogens is 328 g/mol. The third-order valence-corrected chi connectivity index (χ3v) is 12.3. The molecule has 2 aromatic carbocycles. The summed E-state index contributed by atoms with van der Waals surface area (Å²) >= 11 is 0. The Hall–Kier alpha value is -1.79. The third-order valence-electron chi connectivity index (χ3n) is 5.03. The van der Waals surface area contributed by atoms with Gasteiger partial charge in [-0.3, -0.25) is 9.59 Å². The molecule has 0 atom stereocenters. The van der Waals surface area contributed by atoms with Crippen LogP contribution in [0.3, 0.4) is 0 Å². The van der Waals surface area contributed by atoms with Crippen molar-refractivity contribution in [3.63, 3.8) is 0 Å². The van der Waals surface area contributed by atoms with Gasteiger partial charge >= 0.3 is 0 Å². The minimum Gasteiger partial charge on any atom is -0.298 e. The molecule has 2 rings (SSSR count). The third kappa shape index (κ3) is 4.39. The summed E-state index contributed by atoms with van der Waals surface area (Å²) in [6.45, 7) is 9.62. The highest BCUT2D eigenvalue weighted by Crippen LogP contribution is 2.21. The van der Waals surface area contributed by atoms with E-state index in [2.05, 4.69) is 50.5 Å². The molecule has 2 nitrogen and oxygen atoms in total. The summed E-state index contributed by atoms with van der Waals surface area (Å²) in [6.07, 6.45) is 1.80. The van der Waals surface area contributed by atoms with E-state index in [0.717, 1.165) is 23.7 Å². The SMILES string of the molecule is C[Si](C)(CC[Si](C)(C)c1ccc(C=O)cc1)c1ccc(C=O)cc1. The largest absolute Gasteiger partial charge is 0.298 e. The van der Waals surface area contributed by atoms with Crippen molar-refractivity contribution in [2.75, 3.05) is 0 Å². The lowest BCUT2D eigenvalue weighted by molar-refractivity contribution is 0.111. The quantitative estimate of drug-likeness (QED) is 0.559. The molecule has 0 saturated carbocycles. The first kappa shape index (κ1) is 18.6. The number of hydrogen-bond acceptors (Lipinski definition) is 2. The fourth-order valence-corrected chi connectivity index (χ4v) is 10.7. The highest BCUT2D eigenvalue weighted by molar-refractivity contribution is 6.94. The van der Waals surface area contributed by atoms with E-state index in [-0.39, 0.29) is 0 Å². The second-order valence-corrected chi connectivity index (χ2v) is 17.4. The number of hydrogen-bond donors (Lipinski definition) is 0. The molecule has 0 aromatic heterocycles. The molecule has 0 heterocycles. The summed E-state index contributed by atoms with van der Waals surface area (Å²) in [7, 11) is -3.03. The standard InChI is InChI=1S/C20H26O2Si2/c1-23(2,19-9-5-17(15-21)6-10-19)13-14-24(3,4)20-11-7-18(16-22)8-12-20/h5-12,15-16H,13-14H2,1-4H3. The summed E-state index contributed by atoms with van der Waals surface area (Å²) in [5.41, 5.74) is 1.49. The average Bonchev–Trinajstić information content (AvgIpc) is 2.60. The maximum absolute atomic E-state index is 10.8. The van der Waals surface area contributed by atoms with Gasteiger partial charge in [0.25, 0.3) is 0 Å². The lowest BCUT2D eigenvalue weighted by atomic mass is 10.2. The van der Waals surface area contributed by atoms with E-state index in [1.54, 1.807) is 0 Å². The molecule has 0 saturated heterocycles. The van der Waals surface area contributed by atoms with Gasteiger partial charge in [-0.2, -0.15) is 0 Å². The Bertz CT molecular complexity index is 638. The smallest absolute Gasteiger partial charge is 0.150 e. The number of benzene rings is 2. The van der Waals surface area contributed by atoms with E-state index in [9.17, 15) is 9.59 Å². The topological polar surface area (TPSA) is 34.1 Å². The summed E-state index contributed by atoms with van der Waals surface area (Å²) < 4.78 is 0. The molecule has 0 spiro atoms. The van der Waals surface area contributed by atoms with Crippen LogP contribution in [0.1, 0.15) is 20.7 Å². The van der Waals surface area contributed by atoms with E-state index in [1.165, 1.54) is 22.5 Å². The first-order valence-corrected chi connectivity index (χ1v) is 14.8. The Morgan fingerprint density at radius 3 is 1.17 bits per heavy atom. The minimum atomic E-state index is -1.51. The van der Waals surface area contributed by atoms with Gasteiger partial charge in [0, 0.05) is 11.1 Å². The Morgan fingerprint density at radius 2 is 0.917 bits per heavy atom. The zero-order valence-electron chi connectivity index (χ0n) is 15.0. The molecule has 24 heavy (non-hydrogen) atoms. The van der Waals surface area contributed by atoms with E-state index in [1.807, 2.05) is 24.3 Å². The van der Waals surface area contributed by atoms with Crippen LogP contribution >= 0.6 is 0 Å². The Kier molecular flexibility index (Phi) is 5.72. The number of carbonyl (C=O) groups excluding carboxylic acids is 2. The Morgan fingerprint density at radius 1 is 0.625 bits per heavy atom. The summed E-state index contributed by atoms with van der Waals surface area (Å²) in [5.74, 6) is 0. The summed E-state index contributed by atoms with van der Waals surface area (Å²) in [5, 5.41) is 2.82. The van der Waals surface area contributed by atoms with Crippen molar-refractivity contribution in [3.05, 3.63) is 59.7 Å². The predicted molar refractivity (Wildman–Crippen MR) is 108 cm³/mol. The van der Waals surface area contributed by atoms with Crippen LogP contribution in [0.25, 0.3) is 0 Å². The van der Waals surface area contributed by atoms with Crippen molar-refractivity contribution >= 4 is 39.1 Å². The first-order valence-electron chi connectivity index (χ1n) is 8.40. The van der Waals surface area contributed by atoms with Crippen molar-refractivity contribution in [1.29, 1.82) is 0 Å². The second-order valence-electron chi connectivity index (χ2n) is 7.75. The molecule has 0 amide bonds. The van der Waals surface area contributed by atoms with E-state index >= 15 is 0 Å². The fraction of sp³-hybridized carbons (Fsp3) is 0.300. The Balaban J connectivity index is 2.10. The molecule has 2 aromatic rings. The van der Waals surface area contributed by atoms with Crippen molar-refractivity contribution in [3.8, 4) is 0 Å². The van der Waals surface area contributed by atoms with E-state index < -0.39 is 16.1 Å². The van der Waals surface area contributed by atoms with Crippen LogP contribution in [0.4, 0.5) is 0 Å². The molecule has 0 aliphatic heterocycles. The van der Waals surface area contributed by atoms with Gasteiger partial charge in [0.05, 0.1) is 16.1 Å². The maximum Gasteiger partial charge on any atom is 0.150 e. The first-order chi connectivity index (χ1) is 11.3. The van der Waals surface area contributed by atoms with Crippen molar-refractivity contribution in [2.45, 2.75) is 38.3 Å². The zero-order chi connectivity index (χ0) is 17.8. The number of carbonyl (C=O) groups is 2. The van der Waals surface area contributed by atoms with Gasteiger partial charge in [0.2, 0.25) is 0 Å². The lowest BCUT2D eigenvalue weighted by Crippen LogP contribution is -2.47. The molecule has 0 fully saturated rings. The fourth-order valence-electron chi connectivity index (χ4n) is 2.94. The van der Waals surface area contributed by atoms with Crippen molar-refractivity contribution < 1.29 is 9.59 Å². The van der Waals surface area contributed by atoms with Gasteiger partial charge in [-0.15, -0.1) is 0 Å². The van der Waals surface area contributed by atoms with Gasteiger partial charge in [-0.1, -0.05) is 97.2 Å². The molecule has 0 N–H and O–H groups in total. The molecule has 0 aliphatic carbocycles. The van der Waals surface area contributed by atoms with Crippen LogP contribution in [-0.4, -0.2) is 28.7 Å². The van der Waals surface area contributed by atoms with Crippen LogP contribution in [-0.2, 0) is 0 Å². The van der Waals surface area contributed by atoms with Gasteiger partial charge in [-0.25, -0.2) is 0 Å². The summed E-state index contributed by atoms with van der Waals surface area (Å²) in [6, 6.07) is 18.7. The molecular formula is C20H26O2Si2. The number of rotatable bonds is 7. The summed E-state index contributed by atoms with van der Waals surface area (Å²) in [4.78, 5) is 21.6. The minimum absolute atomic E-state index is 0.744. The van der Waals surface area contributed by atoms with Gasteiger partial charge in [-0.05, 0) is 0 Å². The van der Waals surface area contributed by atoms with Crippen LogP contribution in [0.5, 0.6) is 0 Å². The highest BCUT2D eigenvalue weighted by atomic mass is 28.3. The molecule has 126 valence electrons. The van der Waals surface area contributed by atoms with E-state index in [0.29, 0.717) is 0 Å². The van der Waals surface area contributed by atoms with Gasteiger partial charge in [0.1, 0.15) is 12.6 Å². The van der Waals surface area contributed by atoms with Gasteiger partial charge in [0.15, 0.2) is 0 Å². The van der Waals surface area contributed by atoms with Crippen molar-refractivity contribution in [2.24, 2.45) is 0 Å². The van der Waals surface area contributed by atoms with Gasteiger partial charge < -0.3 is 0 Å². The predicted octanol–water partition coefficient (Wildman–Crippen LogP) is 3.84. The molecule has 0 bridgehead atoms.